The van der Waals surface area contributed by atoms with Gasteiger partial charge in [-0.15, -0.1) is 0 Å². The van der Waals surface area contributed by atoms with Gasteiger partial charge in [0.25, 0.3) is 0 Å². The van der Waals surface area contributed by atoms with Crippen LogP contribution in [0.15, 0.2) is 18.2 Å². The summed E-state index contributed by atoms with van der Waals surface area (Å²) in [4.78, 5) is 11.1. The maximum absolute atomic E-state index is 13.2. The second-order valence-electron chi connectivity index (χ2n) is 3.58. The van der Waals surface area contributed by atoms with Gasteiger partial charge in [0.2, 0.25) is 0 Å². The zero-order chi connectivity index (χ0) is 12.8. The van der Waals surface area contributed by atoms with E-state index in [0.29, 0.717) is 6.61 Å². The minimum atomic E-state index is -0.464. The van der Waals surface area contributed by atoms with Crippen LogP contribution in [0.25, 0.3) is 0 Å². The standard InChI is InChI=1S/C12H15ClFNO2/c1-3-17-12(16)7-15-8(2)9-4-5-10(13)11(14)6-9/h4-6,8,15H,3,7H2,1-2H3. The third kappa shape index (κ3) is 4.32. The third-order valence-corrected chi connectivity index (χ3v) is 2.61. The van der Waals surface area contributed by atoms with Gasteiger partial charge >= 0.3 is 5.97 Å². The van der Waals surface area contributed by atoms with Gasteiger partial charge < -0.3 is 10.1 Å². The second kappa shape index (κ2) is 6.57. The van der Waals surface area contributed by atoms with Crippen LogP contribution in [0.5, 0.6) is 0 Å². The van der Waals surface area contributed by atoms with E-state index in [4.69, 9.17) is 16.3 Å². The molecule has 1 aromatic carbocycles. The topological polar surface area (TPSA) is 38.3 Å². The van der Waals surface area contributed by atoms with Crippen molar-refractivity contribution >= 4 is 17.6 Å². The number of esters is 1. The first-order valence-corrected chi connectivity index (χ1v) is 5.76. The van der Waals surface area contributed by atoms with Crippen molar-refractivity contribution in [2.24, 2.45) is 0 Å². The highest BCUT2D eigenvalue weighted by Crippen LogP contribution is 2.19. The Morgan fingerprint density at radius 3 is 2.88 bits per heavy atom. The van der Waals surface area contributed by atoms with Crippen LogP contribution in [0.3, 0.4) is 0 Å². The highest BCUT2D eigenvalue weighted by atomic mass is 35.5. The first kappa shape index (κ1) is 13.9. The van der Waals surface area contributed by atoms with Crippen LogP contribution in [0.1, 0.15) is 25.5 Å². The maximum Gasteiger partial charge on any atom is 0.319 e. The highest BCUT2D eigenvalue weighted by molar-refractivity contribution is 6.30. The van der Waals surface area contributed by atoms with Crippen LogP contribution in [-0.4, -0.2) is 19.1 Å². The summed E-state index contributed by atoms with van der Waals surface area (Å²) in [5, 5.41) is 3.04. The first-order valence-electron chi connectivity index (χ1n) is 5.38. The fourth-order valence-corrected chi connectivity index (χ4v) is 1.47. The van der Waals surface area contributed by atoms with E-state index in [1.807, 2.05) is 6.92 Å². The van der Waals surface area contributed by atoms with E-state index < -0.39 is 5.82 Å². The molecule has 0 aliphatic carbocycles. The summed E-state index contributed by atoms with van der Waals surface area (Å²) in [5.41, 5.74) is 0.733. The first-order chi connectivity index (χ1) is 8.04. The molecule has 1 N–H and O–H groups in total. The lowest BCUT2D eigenvalue weighted by molar-refractivity contribution is -0.142. The molecule has 94 valence electrons. The molecule has 0 bridgehead atoms. The predicted molar refractivity (Wildman–Crippen MR) is 64.5 cm³/mol. The lowest BCUT2D eigenvalue weighted by Crippen LogP contribution is -2.27. The van der Waals surface area contributed by atoms with E-state index in [2.05, 4.69) is 5.32 Å². The van der Waals surface area contributed by atoms with Crippen molar-refractivity contribution in [2.75, 3.05) is 13.2 Å². The number of hydrogen-bond donors (Lipinski definition) is 1. The summed E-state index contributed by atoms with van der Waals surface area (Å²) >= 11 is 5.58. The molecule has 0 spiro atoms. The largest absolute Gasteiger partial charge is 0.465 e. The van der Waals surface area contributed by atoms with Gasteiger partial charge in [0, 0.05) is 6.04 Å². The molecule has 17 heavy (non-hydrogen) atoms. The van der Waals surface area contributed by atoms with Crippen molar-refractivity contribution in [1.29, 1.82) is 0 Å². The second-order valence-corrected chi connectivity index (χ2v) is 3.99. The summed E-state index contributed by atoms with van der Waals surface area (Å²) in [6, 6.07) is 4.42. The Hall–Kier alpha value is -1.13. The van der Waals surface area contributed by atoms with Gasteiger partial charge in [-0.05, 0) is 31.5 Å². The van der Waals surface area contributed by atoms with Gasteiger partial charge in [-0.25, -0.2) is 4.39 Å². The van der Waals surface area contributed by atoms with Crippen LogP contribution < -0.4 is 5.32 Å². The Morgan fingerprint density at radius 1 is 1.59 bits per heavy atom. The lowest BCUT2D eigenvalue weighted by atomic mass is 10.1. The molecule has 0 saturated heterocycles. The summed E-state index contributed by atoms with van der Waals surface area (Å²) in [5.74, 6) is -0.789. The van der Waals surface area contributed by atoms with Crippen LogP contribution in [0, 0.1) is 5.82 Å². The van der Waals surface area contributed by atoms with Crippen LogP contribution >= 0.6 is 11.6 Å². The normalized spacial score (nSPS) is 12.2. The monoisotopic (exact) mass is 259 g/mol. The molecule has 0 aliphatic heterocycles. The number of carbonyl (C=O) groups excluding carboxylic acids is 1. The van der Waals surface area contributed by atoms with Gasteiger partial charge in [0.15, 0.2) is 0 Å². The Morgan fingerprint density at radius 2 is 2.29 bits per heavy atom. The Labute approximate surface area is 105 Å². The fourth-order valence-electron chi connectivity index (χ4n) is 1.35. The predicted octanol–water partition coefficient (Wildman–Crippen LogP) is 2.69. The molecule has 0 aliphatic rings. The molecule has 0 aromatic heterocycles. The average molecular weight is 260 g/mol. The molecule has 1 rings (SSSR count). The van der Waals surface area contributed by atoms with E-state index in [0.717, 1.165) is 5.56 Å². The molecule has 0 heterocycles. The van der Waals surface area contributed by atoms with E-state index >= 15 is 0 Å². The summed E-state index contributed by atoms with van der Waals surface area (Å²) in [7, 11) is 0. The molecule has 0 amide bonds. The van der Waals surface area contributed by atoms with Crippen molar-refractivity contribution in [3.63, 3.8) is 0 Å². The molecule has 0 radical (unpaired) electrons. The van der Waals surface area contributed by atoms with Crippen molar-refractivity contribution in [1.82, 2.24) is 5.32 Å². The van der Waals surface area contributed by atoms with Gasteiger partial charge in [-0.3, -0.25) is 4.79 Å². The van der Waals surface area contributed by atoms with E-state index in [1.54, 1.807) is 13.0 Å². The minimum Gasteiger partial charge on any atom is -0.465 e. The molecule has 0 saturated carbocycles. The molecule has 1 atom stereocenters. The summed E-state index contributed by atoms with van der Waals surface area (Å²) in [6.45, 7) is 4.03. The van der Waals surface area contributed by atoms with E-state index in [1.165, 1.54) is 12.1 Å². The maximum atomic E-state index is 13.2. The van der Waals surface area contributed by atoms with Crippen LogP contribution in [0.2, 0.25) is 5.02 Å². The van der Waals surface area contributed by atoms with Crippen LogP contribution in [-0.2, 0) is 9.53 Å². The smallest absolute Gasteiger partial charge is 0.319 e. The van der Waals surface area contributed by atoms with Crippen molar-refractivity contribution in [2.45, 2.75) is 19.9 Å². The molecule has 1 unspecified atom stereocenters. The quantitative estimate of drug-likeness (QED) is 0.827. The molecule has 3 nitrogen and oxygen atoms in total. The molecule has 0 fully saturated rings. The minimum absolute atomic E-state index is 0.0892. The zero-order valence-corrected chi connectivity index (χ0v) is 10.6. The van der Waals surface area contributed by atoms with Crippen molar-refractivity contribution < 1.29 is 13.9 Å². The number of nitrogens with one attached hydrogen (secondary N) is 1. The number of halogens is 2. The Kier molecular flexibility index (Phi) is 5.38. The molecular formula is C12H15ClFNO2. The Balaban J connectivity index is 2.54. The van der Waals surface area contributed by atoms with Crippen molar-refractivity contribution in [3.8, 4) is 0 Å². The number of rotatable bonds is 5. The average Bonchev–Trinajstić information content (AvgIpc) is 2.30. The van der Waals surface area contributed by atoms with Gasteiger partial charge in [-0.1, -0.05) is 17.7 Å². The van der Waals surface area contributed by atoms with Crippen molar-refractivity contribution in [3.05, 3.63) is 34.6 Å². The lowest BCUT2D eigenvalue weighted by Gasteiger charge is -2.13. The highest BCUT2D eigenvalue weighted by Gasteiger charge is 2.10. The molecule has 5 heteroatoms. The van der Waals surface area contributed by atoms with Gasteiger partial charge in [0.1, 0.15) is 5.82 Å². The van der Waals surface area contributed by atoms with Crippen LogP contribution in [0.4, 0.5) is 4.39 Å². The summed E-state index contributed by atoms with van der Waals surface area (Å²) < 4.78 is 18.0. The van der Waals surface area contributed by atoms with Gasteiger partial charge in [-0.2, -0.15) is 0 Å². The fraction of sp³-hybridized carbons (Fsp3) is 0.417. The summed E-state index contributed by atoms with van der Waals surface area (Å²) in [6.07, 6.45) is 0. The third-order valence-electron chi connectivity index (χ3n) is 2.30. The van der Waals surface area contributed by atoms with Gasteiger partial charge in [0.05, 0.1) is 18.2 Å². The SMILES string of the molecule is CCOC(=O)CNC(C)c1ccc(Cl)c(F)c1. The molecular weight excluding hydrogens is 245 g/mol. The Bertz CT molecular complexity index is 398. The zero-order valence-electron chi connectivity index (χ0n) is 9.80. The number of ether oxygens (including phenoxy) is 1. The number of benzene rings is 1. The number of carbonyl (C=O) groups is 1. The molecule has 1 aromatic rings. The number of hydrogen-bond acceptors (Lipinski definition) is 3. The van der Waals surface area contributed by atoms with E-state index in [9.17, 15) is 9.18 Å². The van der Waals surface area contributed by atoms with E-state index in [-0.39, 0.29) is 23.6 Å².